The lowest BCUT2D eigenvalue weighted by molar-refractivity contribution is -0.139. The fourth-order valence-corrected chi connectivity index (χ4v) is 2.75. The molecule has 2 aromatic rings. The molecule has 0 fully saturated rings. The summed E-state index contributed by atoms with van der Waals surface area (Å²) in [6.45, 7) is 9.64. The zero-order valence-electron chi connectivity index (χ0n) is 15.3. The van der Waals surface area contributed by atoms with Gasteiger partial charge in [0.2, 0.25) is 0 Å². The number of carbonyl (C=O) groups excluding carboxylic acids is 1. The average molecular weight is 343 g/mol. The summed E-state index contributed by atoms with van der Waals surface area (Å²) in [5.41, 5.74) is 4.13. The van der Waals surface area contributed by atoms with Crippen molar-refractivity contribution in [2.24, 2.45) is 5.92 Å². The summed E-state index contributed by atoms with van der Waals surface area (Å²) in [5, 5.41) is 16.2. The minimum Gasteiger partial charge on any atom is -0.480 e. The highest BCUT2D eigenvalue weighted by atomic mass is 16.4. The van der Waals surface area contributed by atoms with Crippen molar-refractivity contribution in [2.45, 2.75) is 47.1 Å². The molecule has 0 spiro atoms. The van der Waals surface area contributed by atoms with E-state index in [2.05, 4.69) is 10.4 Å². The zero-order chi connectivity index (χ0) is 18.7. The van der Waals surface area contributed by atoms with Crippen LogP contribution in [0.4, 0.5) is 0 Å². The number of aromatic nitrogens is 2. The maximum atomic E-state index is 12.5. The van der Waals surface area contributed by atoms with Gasteiger partial charge >= 0.3 is 5.97 Å². The van der Waals surface area contributed by atoms with Crippen molar-refractivity contribution < 1.29 is 14.7 Å². The molecule has 0 saturated heterocycles. The minimum atomic E-state index is -1.03. The number of aliphatic carboxylic acids is 1. The van der Waals surface area contributed by atoms with Crippen molar-refractivity contribution in [1.82, 2.24) is 15.1 Å². The van der Waals surface area contributed by atoms with Gasteiger partial charge in [-0.1, -0.05) is 26.0 Å². The van der Waals surface area contributed by atoms with Crippen molar-refractivity contribution in [3.05, 3.63) is 46.8 Å². The van der Waals surface area contributed by atoms with E-state index in [0.717, 1.165) is 16.8 Å². The summed E-state index contributed by atoms with van der Waals surface area (Å²) in [6, 6.07) is 5.13. The lowest BCUT2D eigenvalue weighted by Crippen LogP contribution is -2.41. The first-order valence-electron chi connectivity index (χ1n) is 8.36. The number of carboxylic acid groups (broad SMARTS) is 1. The normalized spacial score (nSPS) is 12.2. The van der Waals surface area contributed by atoms with Crippen molar-refractivity contribution >= 4 is 11.9 Å². The molecule has 25 heavy (non-hydrogen) atoms. The molecule has 134 valence electrons. The largest absolute Gasteiger partial charge is 0.480 e. The molecule has 0 radical (unpaired) electrons. The van der Waals surface area contributed by atoms with E-state index < -0.39 is 17.9 Å². The summed E-state index contributed by atoms with van der Waals surface area (Å²) in [5.74, 6) is -1.27. The maximum absolute atomic E-state index is 12.5. The molecule has 0 bridgehead atoms. The highest BCUT2D eigenvalue weighted by Crippen LogP contribution is 2.19. The first kappa shape index (κ1) is 18.7. The van der Waals surface area contributed by atoms with E-state index in [1.54, 1.807) is 4.68 Å². The lowest BCUT2D eigenvalue weighted by atomic mass is 10.0. The van der Waals surface area contributed by atoms with Crippen LogP contribution in [0.2, 0.25) is 0 Å². The predicted octanol–water partition coefficient (Wildman–Crippen LogP) is 3.03. The smallest absolute Gasteiger partial charge is 0.326 e. The van der Waals surface area contributed by atoms with Gasteiger partial charge in [-0.15, -0.1) is 0 Å². The molecule has 1 amide bonds. The third-order valence-electron chi connectivity index (χ3n) is 4.16. The molecular weight excluding hydrogens is 318 g/mol. The van der Waals surface area contributed by atoms with Crippen LogP contribution >= 0.6 is 0 Å². The second-order valence-corrected chi connectivity index (χ2v) is 6.84. The van der Waals surface area contributed by atoms with Crippen molar-refractivity contribution in [1.29, 1.82) is 0 Å². The Balaban J connectivity index is 2.29. The first-order chi connectivity index (χ1) is 11.7. The third-order valence-corrected chi connectivity index (χ3v) is 4.16. The molecule has 1 aromatic heterocycles. The Morgan fingerprint density at radius 2 is 1.92 bits per heavy atom. The van der Waals surface area contributed by atoms with Crippen molar-refractivity contribution in [3.8, 4) is 5.69 Å². The summed E-state index contributed by atoms with van der Waals surface area (Å²) in [7, 11) is 0. The molecule has 0 aliphatic heterocycles. The minimum absolute atomic E-state index is 0.167. The molecule has 6 heteroatoms. The SMILES string of the molecule is Cc1ccc(C)c(-n2ncc(C(=O)N[C@H](CC(C)C)C(=O)O)c2C)c1. The van der Waals surface area contributed by atoms with Gasteiger partial charge in [0.25, 0.3) is 5.91 Å². The highest BCUT2D eigenvalue weighted by molar-refractivity contribution is 5.97. The molecule has 2 rings (SSSR count). The van der Waals surface area contributed by atoms with E-state index in [0.29, 0.717) is 17.7 Å². The van der Waals surface area contributed by atoms with Crippen LogP contribution in [0.5, 0.6) is 0 Å². The Labute approximate surface area is 147 Å². The zero-order valence-corrected chi connectivity index (χ0v) is 15.3. The monoisotopic (exact) mass is 343 g/mol. The Bertz CT molecular complexity index is 793. The molecule has 0 saturated carbocycles. The second kappa shape index (κ2) is 7.51. The number of benzene rings is 1. The number of nitrogens with one attached hydrogen (secondary N) is 1. The van der Waals surface area contributed by atoms with Gasteiger partial charge in [-0.05, 0) is 50.3 Å². The molecule has 6 nitrogen and oxygen atoms in total. The Morgan fingerprint density at radius 1 is 1.24 bits per heavy atom. The number of aryl methyl sites for hydroxylation is 2. The van der Waals surface area contributed by atoms with Crippen molar-refractivity contribution in [3.63, 3.8) is 0 Å². The molecule has 1 atom stereocenters. The van der Waals surface area contributed by atoms with E-state index in [4.69, 9.17) is 0 Å². The fraction of sp³-hybridized carbons (Fsp3) is 0.421. The van der Waals surface area contributed by atoms with E-state index in [1.807, 2.05) is 52.8 Å². The topological polar surface area (TPSA) is 84.2 Å². The van der Waals surface area contributed by atoms with Crippen LogP contribution in [0, 0.1) is 26.7 Å². The Morgan fingerprint density at radius 3 is 2.52 bits per heavy atom. The molecule has 0 aliphatic carbocycles. The van der Waals surface area contributed by atoms with Gasteiger partial charge in [0, 0.05) is 0 Å². The number of amides is 1. The maximum Gasteiger partial charge on any atom is 0.326 e. The molecule has 2 N–H and O–H groups in total. The molecular formula is C19H25N3O3. The standard InChI is InChI=1S/C19H25N3O3/c1-11(2)8-16(19(24)25)21-18(23)15-10-20-22(14(15)5)17-9-12(3)6-7-13(17)4/h6-7,9-11,16H,8H2,1-5H3,(H,21,23)(H,24,25)/t16-/m1/s1. The first-order valence-corrected chi connectivity index (χ1v) is 8.36. The number of nitrogens with zero attached hydrogens (tertiary/aromatic N) is 2. The summed E-state index contributed by atoms with van der Waals surface area (Å²) < 4.78 is 1.72. The van der Waals surface area contributed by atoms with E-state index >= 15 is 0 Å². The number of hydrogen-bond acceptors (Lipinski definition) is 3. The van der Waals surface area contributed by atoms with Crippen LogP contribution in [0.3, 0.4) is 0 Å². The summed E-state index contributed by atoms with van der Waals surface area (Å²) in [4.78, 5) is 23.9. The van der Waals surface area contributed by atoms with Gasteiger partial charge < -0.3 is 10.4 Å². The Kier molecular flexibility index (Phi) is 5.62. The average Bonchev–Trinajstić information content (AvgIpc) is 2.90. The van der Waals surface area contributed by atoms with Gasteiger partial charge in [-0.2, -0.15) is 5.10 Å². The van der Waals surface area contributed by atoms with Gasteiger partial charge in [0.15, 0.2) is 0 Å². The third kappa shape index (κ3) is 4.26. The van der Waals surface area contributed by atoms with Crippen LogP contribution in [-0.2, 0) is 4.79 Å². The van der Waals surface area contributed by atoms with Crippen molar-refractivity contribution in [2.75, 3.05) is 0 Å². The number of rotatable bonds is 6. The number of hydrogen-bond donors (Lipinski definition) is 2. The van der Waals surface area contributed by atoms with Crippen LogP contribution in [0.15, 0.2) is 24.4 Å². The van der Waals surface area contributed by atoms with Gasteiger partial charge in [0.1, 0.15) is 6.04 Å². The fourth-order valence-electron chi connectivity index (χ4n) is 2.75. The van der Waals surface area contributed by atoms with Crippen LogP contribution in [0.1, 0.15) is 47.4 Å². The number of carboxylic acids is 1. The molecule has 0 aliphatic rings. The molecule has 0 unspecified atom stereocenters. The van der Waals surface area contributed by atoms with Gasteiger partial charge in [-0.25, -0.2) is 9.48 Å². The molecule has 1 aromatic carbocycles. The van der Waals surface area contributed by atoms with E-state index in [1.165, 1.54) is 6.20 Å². The lowest BCUT2D eigenvalue weighted by Gasteiger charge is -2.16. The Hall–Kier alpha value is -2.63. The summed E-state index contributed by atoms with van der Waals surface area (Å²) >= 11 is 0. The van der Waals surface area contributed by atoms with Gasteiger partial charge in [0.05, 0.1) is 23.1 Å². The molecule has 1 heterocycles. The van der Waals surface area contributed by atoms with E-state index in [-0.39, 0.29) is 5.92 Å². The highest BCUT2D eigenvalue weighted by Gasteiger charge is 2.24. The summed E-state index contributed by atoms with van der Waals surface area (Å²) in [6.07, 6.45) is 1.87. The predicted molar refractivity (Wildman–Crippen MR) is 96.1 cm³/mol. The van der Waals surface area contributed by atoms with E-state index in [9.17, 15) is 14.7 Å². The van der Waals surface area contributed by atoms with Crippen LogP contribution in [-0.4, -0.2) is 32.8 Å². The second-order valence-electron chi connectivity index (χ2n) is 6.84. The quantitative estimate of drug-likeness (QED) is 0.844. The van der Waals surface area contributed by atoms with Crippen LogP contribution < -0.4 is 5.32 Å². The van der Waals surface area contributed by atoms with Crippen LogP contribution in [0.25, 0.3) is 5.69 Å². The number of carbonyl (C=O) groups is 2. The van der Waals surface area contributed by atoms with Gasteiger partial charge in [-0.3, -0.25) is 4.79 Å².